The first-order valence-corrected chi connectivity index (χ1v) is 7.08. The normalized spacial score (nSPS) is 17.2. The summed E-state index contributed by atoms with van der Waals surface area (Å²) in [6.07, 6.45) is 4.66. The molecule has 1 amide bonds. The molecule has 1 aromatic rings. The van der Waals surface area contributed by atoms with Crippen LogP contribution >= 0.6 is 11.6 Å². The largest absolute Gasteiger partial charge is 0.493 e. The van der Waals surface area contributed by atoms with E-state index in [9.17, 15) is 4.79 Å². The van der Waals surface area contributed by atoms with Gasteiger partial charge in [-0.3, -0.25) is 10.1 Å². The summed E-state index contributed by atoms with van der Waals surface area (Å²) in [5.41, 5.74) is 0. The van der Waals surface area contributed by atoms with E-state index in [0.29, 0.717) is 18.2 Å². The summed E-state index contributed by atoms with van der Waals surface area (Å²) in [5.74, 6) is 0.855. The predicted molar refractivity (Wildman–Crippen MR) is 80.1 cm³/mol. The predicted octanol–water partition coefficient (Wildman–Crippen LogP) is 2.10. The lowest BCUT2D eigenvalue weighted by atomic mass is 10.2. The third-order valence-electron chi connectivity index (χ3n) is 3.13. The van der Waals surface area contributed by atoms with E-state index >= 15 is 0 Å². The van der Waals surface area contributed by atoms with Crippen molar-refractivity contribution in [3.63, 3.8) is 0 Å². The zero-order valence-corrected chi connectivity index (χ0v) is 12.3. The van der Waals surface area contributed by atoms with Gasteiger partial charge in [0.1, 0.15) is 11.8 Å². The standard InChI is InChI=1S/C15H19ClN2O2/c1-18(15(19)14-7-3-8-17-14)9-4-10-20-13-6-2-5-12(16)11-13/h2-3,5-7,11,14,17H,4,8-10H2,1H3. The quantitative estimate of drug-likeness (QED) is 0.645. The fraction of sp³-hybridized carbons (Fsp3) is 0.400. The van der Waals surface area contributed by atoms with E-state index in [-0.39, 0.29) is 11.9 Å². The van der Waals surface area contributed by atoms with Gasteiger partial charge in [-0.15, -0.1) is 0 Å². The highest BCUT2D eigenvalue weighted by atomic mass is 35.5. The van der Waals surface area contributed by atoms with Crippen LogP contribution in [-0.4, -0.2) is 43.6 Å². The van der Waals surface area contributed by atoms with Crippen LogP contribution in [0.4, 0.5) is 0 Å². The Kier molecular flexibility index (Phi) is 5.44. The molecule has 0 fully saturated rings. The van der Waals surface area contributed by atoms with Crippen molar-refractivity contribution in [2.75, 3.05) is 26.7 Å². The smallest absolute Gasteiger partial charge is 0.243 e. The molecule has 108 valence electrons. The first-order chi connectivity index (χ1) is 9.66. The average molecular weight is 295 g/mol. The second kappa shape index (κ2) is 7.31. The van der Waals surface area contributed by atoms with Crippen LogP contribution < -0.4 is 10.1 Å². The number of nitrogens with one attached hydrogen (secondary N) is 1. The molecule has 0 bridgehead atoms. The summed E-state index contributed by atoms with van der Waals surface area (Å²) >= 11 is 5.88. The molecule has 0 spiro atoms. The Morgan fingerprint density at radius 3 is 3.10 bits per heavy atom. The number of rotatable bonds is 6. The van der Waals surface area contributed by atoms with E-state index in [4.69, 9.17) is 16.3 Å². The summed E-state index contributed by atoms with van der Waals surface area (Å²) in [6, 6.07) is 7.14. The van der Waals surface area contributed by atoms with Crippen molar-refractivity contribution in [3.8, 4) is 5.75 Å². The van der Waals surface area contributed by atoms with Crippen LogP contribution in [0.3, 0.4) is 0 Å². The van der Waals surface area contributed by atoms with Gasteiger partial charge < -0.3 is 9.64 Å². The molecule has 0 saturated carbocycles. The lowest BCUT2D eigenvalue weighted by Crippen LogP contribution is -2.42. The number of carbonyl (C=O) groups is 1. The van der Waals surface area contributed by atoms with Crippen molar-refractivity contribution in [1.29, 1.82) is 0 Å². The van der Waals surface area contributed by atoms with Gasteiger partial charge in [0.25, 0.3) is 0 Å². The Morgan fingerprint density at radius 1 is 1.55 bits per heavy atom. The lowest BCUT2D eigenvalue weighted by Gasteiger charge is -2.20. The number of halogens is 1. The molecular formula is C15H19ClN2O2. The Bertz CT molecular complexity index is 491. The average Bonchev–Trinajstić information content (AvgIpc) is 2.96. The molecule has 20 heavy (non-hydrogen) atoms. The topological polar surface area (TPSA) is 41.6 Å². The van der Waals surface area contributed by atoms with Crippen LogP contribution in [0.2, 0.25) is 5.02 Å². The minimum Gasteiger partial charge on any atom is -0.493 e. The number of ether oxygens (including phenoxy) is 1. The molecule has 1 aromatic carbocycles. The monoisotopic (exact) mass is 294 g/mol. The third-order valence-corrected chi connectivity index (χ3v) is 3.36. The van der Waals surface area contributed by atoms with E-state index in [0.717, 1.165) is 18.7 Å². The number of likely N-dealkylation sites (N-methyl/N-ethyl adjacent to an activating group) is 1. The van der Waals surface area contributed by atoms with Crippen molar-refractivity contribution in [3.05, 3.63) is 41.4 Å². The zero-order valence-electron chi connectivity index (χ0n) is 11.5. The number of hydrogen-bond donors (Lipinski definition) is 1. The van der Waals surface area contributed by atoms with E-state index in [2.05, 4.69) is 5.32 Å². The first-order valence-electron chi connectivity index (χ1n) is 6.70. The van der Waals surface area contributed by atoms with Crippen LogP contribution in [0, 0.1) is 0 Å². The number of hydrogen-bond acceptors (Lipinski definition) is 3. The van der Waals surface area contributed by atoms with Gasteiger partial charge in [-0.2, -0.15) is 0 Å². The first kappa shape index (κ1) is 14.9. The molecule has 1 atom stereocenters. The fourth-order valence-electron chi connectivity index (χ4n) is 2.03. The van der Waals surface area contributed by atoms with Gasteiger partial charge in [-0.05, 0) is 24.6 Å². The summed E-state index contributed by atoms with van der Waals surface area (Å²) in [7, 11) is 1.82. The van der Waals surface area contributed by atoms with E-state index < -0.39 is 0 Å². The molecule has 0 radical (unpaired) electrons. The van der Waals surface area contributed by atoms with Gasteiger partial charge in [-0.25, -0.2) is 0 Å². The zero-order chi connectivity index (χ0) is 14.4. The lowest BCUT2D eigenvalue weighted by molar-refractivity contribution is -0.130. The van der Waals surface area contributed by atoms with Crippen LogP contribution in [-0.2, 0) is 4.79 Å². The van der Waals surface area contributed by atoms with Gasteiger partial charge in [0.15, 0.2) is 0 Å². The molecule has 5 heteroatoms. The molecule has 0 saturated heterocycles. The van der Waals surface area contributed by atoms with Crippen molar-refractivity contribution in [2.24, 2.45) is 0 Å². The molecule has 1 aliphatic heterocycles. The van der Waals surface area contributed by atoms with E-state index in [1.54, 1.807) is 11.0 Å². The molecule has 1 heterocycles. The Hall–Kier alpha value is -1.52. The molecule has 4 nitrogen and oxygen atoms in total. The maximum absolute atomic E-state index is 12.0. The highest BCUT2D eigenvalue weighted by molar-refractivity contribution is 6.30. The molecule has 0 aromatic heterocycles. The van der Waals surface area contributed by atoms with Gasteiger partial charge in [0.05, 0.1) is 6.61 Å². The highest BCUT2D eigenvalue weighted by Crippen LogP contribution is 2.17. The SMILES string of the molecule is CN(CCCOc1cccc(Cl)c1)C(=O)C1C=CCN1. The van der Waals surface area contributed by atoms with Crippen molar-refractivity contribution < 1.29 is 9.53 Å². The second-order valence-electron chi connectivity index (χ2n) is 4.73. The van der Waals surface area contributed by atoms with Gasteiger partial charge >= 0.3 is 0 Å². The van der Waals surface area contributed by atoms with Crippen LogP contribution in [0.25, 0.3) is 0 Å². The summed E-state index contributed by atoms with van der Waals surface area (Å²) in [5, 5.41) is 3.77. The Labute approximate surface area is 124 Å². The molecule has 1 unspecified atom stereocenters. The van der Waals surface area contributed by atoms with Crippen molar-refractivity contribution in [1.82, 2.24) is 10.2 Å². The Morgan fingerprint density at radius 2 is 2.40 bits per heavy atom. The minimum atomic E-state index is -0.172. The van der Waals surface area contributed by atoms with Gasteiger partial charge in [0.2, 0.25) is 5.91 Å². The van der Waals surface area contributed by atoms with Crippen LogP contribution in [0.5, 0.6) is 5.75 Å². The Balaban J connectivity index is 1.67. The molecular weight excluding hydrogens is 276 g/mol. The maximum atomic E-state index is 12.0. The van der Waals surface area contributed by atoms with Crippen LogP contribution in [0.15, 0.2) is 36.4 Å². The van der Waals surface area contributed by atoms with E-state index in [1.165, 1.54) is 0 Å². The summed E-state index contributed by atoms with van der Waals surface area (Å²) in [6.45, 7) is 2.00. The second-order valence-corrected chi connectivity index (χ2v) is 5.17. The third kappa shape index (κ3) is 4.25. The summed E-state index contributed by atoms with van der Waals surface area (Å²) in [4.78, 5) is 13.7. The number of nitrogens with zero attached hydrogens (tertiary/aromatic N) is 1. The number of amides is 1. The van der Waals surface area contributed by atoms with Crippen molar-refractivity contribution in [2.45, 2.75) is 12.5 Å². The highest BCUT2D eigenvalue weighted by Gasteiger charge is 2.20. The number of benzene rings is 1. The molecule has 0 aliphatic carbocycles. The minimum absolute atomic E-state index is 0.0986. The van der Waals surface area contributed by atoms with Crippen LogP contribution in [0.1, 0.15) is 6.42 Å². The fourth-order valence-corrected chi connectivity index (χ4v) is 2.21. The maximum Gasteiger partial charge on any atom is 0.243 e. The number of carbonyl (C=O) groups excluding carboxylic acids is 1. The molecule has 1 N–H and O–H groups in total. The van der Waals surface area contributed by atoms with Gasteiger partial charge in [0, 0.05) is 25.2 Å². The molecule has 1 aliphatic rings. The van der Waals surface area contributed by atoms with E-state index in [1.807, 2.05) is 37.4 Å². The van der Waals surface area contributed by atoms with Crippen molar-refractivity contribution >= 4 is 17.5 Å². The molecule has 2 rings (SSSR count). The van der Waals surface area contributed by atoms with Gasteiger partial charge in [-0.1, -0.05) is 29.8 Å². The summed E-state index contributed by atoms with van der Waals surface area (Å²) < 4.78 is 5.59.